The molecule has 2 aromatic carbocycles. The zero-order chi connectivity index (χ0) is 21.0. The first-order chi connectivity index (χ1) is 13.8. The van der Waals surface area contributed by atoms with Crippen LogP contribution in [0.5, 0.6) is 0 Å². The molecule has 0 saturated heterocycles. The Morgan fingerprint density at radius 3 is 2.52 bits per heavy atom. The largest absolute Gasteiger partial charge is 0.316 e. The topological polar surface area (TPSA) is 76.0 Å². The van der Waals surface area contributed by atoms with Crippen LogP contribution in [0.15, 0.2) is 42.5 Å². The molecule has 0 unspecified atom stereocenters. The molecule has 0 fully saturated rings. The number of halogens is 1. The second-order valence-electron chi connectivity index (χ2n) is 7.16. The second kappa shape index (κ2) is 9.36. The average molecular weight is 438 g/mol. The SMILES string of the molecule is CN1c2ccc(C(=O)CCCCNCCc3ccccc3Cl)cc2N(C)S1(O)O. The number of unbranched alkanes of at least 4 members (excludes halogenated alkanes) is 1. The van der Waals surface area contributed by atoms with Crippen molar-refractivity contribution in [3.8, 4) is 0 Å². The average Bonchev–Trinajstić information content (AvgIpc) is 2.88. The van der Waals surface area contributed by atoms with Gasteiger partial charge in [0.05, 0.1) is 11.4 Å². The highest BCUT2D eigenvalue weighted by molar-refractivity contribution is 8.26. The van der Waals surface area contributed by atoms with Crippen molar-refractivity contribution >= 4 is 39.7 Å². The quantitative estimate of drug-likeness (QED) is 0.379. The monoisotopic (exact) mass is 437 g/mol. The number of fused-ring (bicyclic) bond motifs is 1. The smallest absolute Gasteiger partial charge is 0.162 e. The first-order valence-electron chi connectivity index (χ1n) is 9.69. The molecule has 0 aliphatic carbocycles. The van der Waals surface area contributed by atoms with Crippen molar-refractivity contribution in [2.45, 2.75) is 25.7 Å². The summed E-state index contributed by atoms with van der Waals surface area (Å²) in [4.78, 5) is 12.5. The van der Waals surface area contributed by atoms with Gasteiger partial charge in [-0.25, -0.2) is 0 Å². The number of anilines is 2. The van der Waals surface area contributed by atoms with E-state index in [1.54, 1.807) is 32.3 Å². The molecule has 0 amide bonds. The van der Waals surface area contributed by atoms with Crippen LogP contribution in [0, 0.1) is 0 Å². The molecule has 1 aliphatic heterocycles. The molecular formula is C21H28ClN3O3S. The number of nitrogens with one attached hydrogen (secondary N) is 1. The predicted octanol–water partition coefficient (Wildman–Crippen LogP) is 4.99. The summed E-state index contributed by atoms with van der Waals surface area (Å²) in [6, 6.07) is 13.1. The van der Waals surface area contributed by atoms with Gasteiger partial charge in [-0.15, -0.1) is 0 Å². The van der Waals surface area contributed by atoms with Crippen molar-refractivity contribution in [1.82, 2.24) is 5.32 Å². The van der Waals surface area contributed by atoms with E-state index in [0.29, 0.717) is 23.4 Å². The molecule has 6 nitrogen and oxygen atoms in total. The predicted molar refractivity (Wildman–Crippen MR) is 122 cm³/mol. The Morgan fingerprint density at radius 2 is 1.76 bits per heavy atom. The molecule has 8 heteroatoms. The highest BCUT2D eigenvalue weighted by atomic mass is 35.5. The minimum absolute atomic E-state index is 0.0725. The molecule has 3 N–H and O–H groups in total. The molecule has 0 saturated carbocycles. The summed E-state index contributed by atoms with van der Waals surface area (Å²) in [7, 11) is 0.243. The molecule has 2 aromatic rings. The third-order valence-corrected chi connectivity index (χ3v) is 7.48. The summed E-state index contributed by atoms with van der Waals surface area (Å²) in [5.74, 6) is 0.0725. The van der Waals surface area contributed by atoms with Crippen LogP contribution >= 0.6 is 22.6 Å². The summed E-state index contributed by atoms with van der Waals surface area (Å²) in [5.41, 5.74) is 3.12. The third-order valence-electron chi connectivity index (χ3n) is 5.25. The van der Waals surface area contributed by atoms with Crippen molar-refractivity contribution in [3.63, 3.8) is 0 Å². The maximum atomic E-state index is 12.5. The van der Waals surface area contributed by atoms with Gasteiger partial charge in [-0.1, -0.05) is 29.8 Å². The first kappa shape index (κ1) is 21.9. The van der Waals surface area contributed by atoms with Crippen LogP contribution < -0.4 is 13.9 Å². The molecule has 158 valence electrons. The van der Waals surface area contributed by atoms with Gasteiger partial charge in [-0.2, -0.15) is 0 Å². The zero-order valence-corrected chi connectivity index (χ0v) is 18.3. The Morgan fingerprint density at radius 1 is 1.03 bits per heavy atom. The van der Waals surface area contributed by atoms with Crippen molar-refractivity contribution in [1.29, 1.82) is 0 Å². The normalized spacial score (nSPS) is 16.0. The molecular weight excluding hydrogens is 410 g/mol. The van der Waals surface area contributed by atoms with Crippen LogP contribution in [0.3, 0.4) is 0 Å². The third kappa shape index (κ3) is 4.87. The van der Waals surface area contributed by atoms with Gasteiger partial charge in [0.15, 0.2) is 5.78 Å². The van der Waals surface area contributed by atoms with E-state index in [9.17, 15) is 13.9 Å². The maximum Gasteiger partial charge on any atom is 0.162 e. The molecule has 29 heavy (non-hydrogen) atoms. The van der Waals surface area contributed by atoms with E-state index in [1.165, 1.54) is 8.61 Å². The van der Waals surface area contributed by atoms with Crippen molar-refractivity contribution in [2.75, 3.05) is 35.8 Å². The maximum absolute atomic E-state index is 12.5. The lowest BCUT2D eigenvalue weighted by Crippen LogP contribution is -2.28. The molecule has 1 aliphatic rings. The lowest BCUT2D eigenvalue weighted by Gasteiger charge is -2.40. The van der Waals surface area contributed by atoms with Crippen LogP contribution in [-0.4, -0.2) is 42.1 Å². The molecule has 0 spiro atoms. The van der Waals surface area contributed by atoms with Crippen molar-refractivity contribution in [3.05, 3.63) is 58.6 Å². The first-order valence-corrected chi connectivity index (χ1v) is 11.5. The number of benzene rings is 2. The molecule has 1 heterocycles. The summed E-state index contributed by atoms with van der Waals surface area (Å²) < 4.78 is 23.3. The van der Waals surface area contributed by atoms with Gasteiger partial charge < -0.3 is 5.32 Å². The summed E-state index contributed by atoms with van der Waals surface area (Å²) in [6.45, 7) is 1.71. The minimum atomic E-state index is -3.02. The van der Waals surface area contributed by atoms with E-state index in [-0.39, 0.29) is 5.78 Å². The van der Waals surface area contributed by atoms with Crippen molar-refractivity contribution in [2.24, 2.45) is 0 Å². The Balaban J connectivity index is 1.41. The van der Waals surface area contributed by atoms with Gasteiger partial charge in [0.1, 0.15) is 0 Å². The van der Waals surface area contributed by atoms with Crippen LogP contribution in [0.1, 0.15) is 35.2 Å². The number of nitrogens with zero attached hydrogens (tertiary/aromatic N) is 2. The molecule has 0 bridgehead atoms. The van der Waals surface area contributed by atoms with E-state index >= 15 is 0 Å². The molecule has 0 aromatic heterocycles. The van der Waals surface area contributed by atoms with Gasteiger partial charge in [-0.3, -0.25) is 22.5 Å². The van der Waals surface area contributed by atoms with Gasteiger partial charge in [0.25, 0.3) is 0 Å². The number of carbonyl (C=O) groups is 1. The van der Waals surface area contributed by atoms with Crippen LogP contribution in [-0.2, 0) is 6.42 Å². The van der Waals surface area contributed by atoms with Gasteiger partial charge >= 0.3 is 0 Å². The Kier molecular flexibility index (Phi) is 7.08. The Bertz CT molecular complexity index is 878. The van der Waals surface area contributed by atoms with Crippen LogP contribution in [0.4, 0.5) is 11.4 Å². The second-order valence-corrected chi connectivity index (χ2v) is 9.64. The number of carbonyl (C=O) groups excluding carboxylic acids is 1. The number of Topliss-reactive ketones (excluding diaryl/α,β-unsaturated/α-hetero) is 1. The standard InChI is InChI=1S/C21H28ClN3O3S/c1-24-19-11-10-17(15-20(19)25(2)29(24,27)28)21(26)9-5-6-13-23-14-12-16-7-3-4-8-18(16)22/h3-4,7-8,10-11,15,23,27-28H,5-6,9,12-14H2,1-2H3. The summed E-state index contributed by atoms with van der Waals surface area (Å²) in [5, 5.41) is 4.19. The lowest BCUT2D eigenvalue weighted by atomic mass is 10.0. The summed E-state index contributed by atoms with van der Waals surface area (Å²) >= 11 is 6.15. The number of rotatable bonds is 9. The molecule has 0 radical (unpaired) electrons. The zero-order valence-electron chi connectivity index (χ0n) is 16.8. The van der Waals surface area contributed by atoms with E-state index in [1.807, 2.05) is 24.3 Å². The highest BCUT2D eigenvalue weighted by Crippen LogP contribution is 2.59. The Labute approximate surface area is 179 Å². The fourth-order valence-corrected chi connectivity index (χ4v) is 4.82. The number of hydrogen-bond donors (Lipinski definition) is 3. The van der Waals surface area contributed by atoms with Gasteiger partial charge in [0.2, 0.25) is 0 Å². The van der Waals surface area contributed by atoms with E-state index in [2.05, 4.69) is 5.32 Å². The van der Waals surface area contributed by atoms with Crippen LogP contribution in [0.2, 0.25) is 5.02 Å². The molecule has 0 atom stereocenters. The van der Waals surface area contributed by atoms with E-state index < -0.39 is 11.0 Å². The minimum Gasteiger partial charge on any atom is -0.316 e. The highest BCUT2D eigenvalue weighted by Gasteiger charge is 2.36. The van der Waals surface area contributed by atoms with Crippen LogP contribution in [0.25, 0.3) is 0 Å². The van der Waals surface area contributed by atoms with Gasteiger partial charge in [0, 0.05) is 31.1 Å². The van der Waals surface area contributed by atoms with E-state index in [0.717, 1.165) is 42.9 Å². The lowest BCUT2D eigenvalue weighted by molar-refractivity contribution is 0.0979. The fraction of sp³-hybridized carbons (Fsp3) is 0.381. The number of hydrogen-bond acceptors (Lipinski definition) is 6. The molecule has 3 rings (SSSR count). The fourth-order valence-electron chi connectivity index (χ4n) is 3.39. The Hall–Kier alpha value is -1.77. The van der Waals surface area contributed by atoms with E-state index in [4.69, 9.17) is 11.6 Å². The number of ketones is 1. The van der Waals surface area contributed by atoms with Gasteiger partial charge in [-0.05, 0) is 73.1 Å². The summed E-state index contributed by atoms with van der Waals surface area (Å²) in [6.07, 6.45) is 3.08. The van der Waals surface area contributed by atoms with Crippen molar-refractivity contribution < 1.29 is 13.9 Å².